The number of nitrogens with one attached hydrogen (secondary N) is 2. The van der Waals surface area contributed by atoms with Crippen molar-refractivity contribution >= 4 is 38.6 Å². The Morgan fingerprint density at radius 2 is 2.04 bits per heavy atom. The summed E-state index contributed by atoms with van der Waals surface area (Å²) in [5.41, 5.74) is 1.90. The normalized spacial score (nSPS) is 11.5. The first-order chi connectivity index (χ1) is 11.4. The van der Waals surface area contributed by atoms with Crippen LogP contribution in [0.4, 0.5) is 5.69 Å². The fourth-order valence-electron chi connectivity index (χ4n) is 2.10. The summed E-state index contributed by atoms with van der Waals surface area (Å²) < 4.78 is 33.1. The van der Waals surface area contributed by atoms with Crippen LogP contribution in [0.1, 0.15) is 5.69 Å². The molecule has 24 heavy (non-hydrogen) atoms. The first-order valence-electron chi connectivity index (χ1n) is 6.87. The molecule has 1 aromatic carbocycles. The molecule has 9 heteroatoms. The van der Waals surface area contributed by atoms with Crippen molar-refractivity contribution in [1.29, 1.82) is 0 Å². The third-order valence-corrected chi connectivity index (χ3v) is 6.41. The number of H-pyrrole nitrogens is 1. The Bertz CT molecular complexity index is 980. The summed E-state index contributed by atoms with van der Waals surface area (Å²) in [6.07, 6.45) is 0. The summed E-state index contributed by atoms with van der Waals surface area (Å²) in [5.74, 6) is 0.391. The standard InChI is InChI=1S/C15H14ClN3O3S2/c1-9-7-12(18-17-9)14-5-6-15(23-14)24(20,21)19-11-8-10(16)3-4-13(11)22-2/h3-8,19H,1-2H3,(H,17,18). The van der Waals surface area contributed by atoms with Crippen LogP contribution in [0.25, 0.3) is 10.6 Å². The smallest absolute Gasteiger partial charge is 0.271 e. The molecule has 0 bridgehead atoms. The molecule has 0 saturated heterocycles. The Balaban J connectivity index is 1.92. The van der Waals surface area contributed by atoms with Crippen LogP contribution >= 0.6 is 22.9 Å². The van der Waals surface area contributed by atoms with Gasteiger partial charge in [0.05, 0.1) is 17.7 Å². The van der Waals surface area contributed by atoms with Crippen LogP contribution in [0, 0.1) is 6.92 Å². The van der Waals surface area contributed by atoms with E-state index in [9.17, 15) is 8.42 Å². The van der Waals surface area contributed by atoms with E-state index in [1.165, 1.54) is 13.2 Å². The minimum absolute atomic E-state index is 0.181. The molecular formula is C15H14ClN3O3S2. The van der Waals surface area contributed by atoms with E-state index in [-0.39, 0.29) is 9.90 Å². The maximum absolute atomic E-state index is 12.6. The minimum Gasteiger partial charge on any atom is -0.495 e. The van der Waals surface area contributed by atoms with Crippen molar-refractivity contribution in [3.8, 4) is 16.3 Å². The number of halogens is 1. The minimum atomic E-state index is -3.75. The largest absolute Gasteiger partial charge is 0.495 e. The second kappa shape index (κ2) is 6.46. The molecule has 2 aromatic heterocycles. The molecule has 0 aliphatic rings. The zero-order valence-corrected chi connectivity index (χ0v) is 15.2. The van der Waals surface area contributed by atoms with Crippen LogP contribution in [-0.2, 0) is 10.0 Å². The van der Waals surface area contributed by atoms with E-state index < -0.39 is 10.0 Å². The lowest BCUT2D eigenvalue weighted by Crippen LogP contribution is -2.12. The summed E-state index contributed by atoms with van der Waals surface area (Å²) in [5, 5.41) is 7.38. The van der Waals surface area contributed by atoms with Gasteiger partial charge in [-0.15, -0.1) is 11.3 Å². The molecule has 0 aliphatic heterocycles. The molecule has 0 amide bonds. The first kappa shape index (κ1) is 16.8. The van der Waals surface area contributed by atoms with Gasteiger partial charge in [0.2, 0.25) is 0 Å². The van der Waals surface area contributed by atoms with E-state index in [1.807, 2.05) is 13.0 Å². The van der Waals surface area contributed by atoms with Gasteiger partial charge in [0.25, 0.3) is 10.0 Å². The number of methoxy groups -OCH3 is 1. The molecule has 6 nitrogen and oxygen atoms in total. The van der Waals surface area contributed by atoms with Gasteiger partial charge in [0, 0.05) is 10.7 Å². The van der Waals surface area contributed by atoms with Crippen LogP contribution in [0.5, 0.6) is 5.75 Å². The molecule has 0 fully saturated rings. The van der Waals surface area contributed by atoms with Gasteiger partial charge >= 0.3 is 0 Å². The van der Waals surface area contributed by atoms with Gasteiger partial charge in [-0.05, 0) is 43.3 Å². The SMILES string of the molecule is COc1ccc(Cl)cc1NS(=O)(=O)c1ccc(-c2cc(C)[nH]n2)s1. The summed E-state index contributed by atoms with van der Waals surface area (Å²) in [4.78, 5) is 0.762. The van der Waals surface area contributed by atoms with Gasteiger partial charge in [0.15, 0.2) is 0 Å². The Morgan fingerprint density at radius 3 is 2.71 bits per heavy atom. The zero-order valence-electron chi connectivity index (χ0n) is 12.8. The van der Waals surface area contributed by atoms with Crippen LogP contribution in [0.3, 0.4) is 0 Å². The fourth-order valence-corrected chi connectivity index (χ4v) is 4.60. The third-order valence-electron chi connectivity index (χ3n) is 3.21. The number of sulfonamides is 1. The van der Waals surface area contributed by atoms with Gasteiger partial charge in [-0.2, -0.15) is 5.10 Å². The van der Waals surface area contributed by atoms with Gasteiger partial charge < -0.3 is 4.74 Å². The summed E-state index contributed by atoms with van der Waals surface area (Å²) in [6, 6.07) is 9.86. The molecule has 126 valence electrons. The number of benzene rings is 1. The number of aromatic nitrogens is 2. The summed E-state index contributed by atoms with van der Waals surface area (Å²) >= 11 is 7.07. The molecular weight excluding hydrogens is 370 g/mol. The molecule has 0 radical (unpaired) electrons. The lowest BCUT2D eigenvalue weighted by atomic mass is 10.3. The van der Waals surface area contributed by atoms with E-state index in [2.05, 4.69) is 14.9 Å². The number of hydrogen-bond acceptors (Lipinski definition) is 5. The topological polar surface area (TPSA) is 84.1 Å². The highest BCUT2D eigenvalue weighted by Gasteiger charge is 2.20. The van der Waals surface area contributed by atoms with Crippen LogP contribution in [0.2, 0.25) is 5.02 Å². The lowest BCUT2D eigenvalue weighted by molar-refractivity contribution is 0.417. The molecule has 0 spiro atoms. The van der Waals surface area contributed by atoms with E-state index in [4.69, 9.17) is 16.3 Å². The van der Waals surface area contributed by atoms with Gasteiger partial charge in [0.1, 0.15) is 15.7 Å². The van der Waals surface area contributed by atoms with Crippen molar-refractivity contribution in [1.82, 2.24) is 10.2 Å². The van der Waals surface area contributed by atoms with Gasteiger partial charge in [-0.3, -0.25) is 9.82 Å². The van der Waals surface area contributed by atoms with Crippen LogP contribution in [0.15, 0.2) is 40.6 Å². The van der Waals surface area contributed by atoms with E-state index in [0.717, 1.165) is 21.9 Å². The Labute approximate surface area is 148 Å². The second-order valence-corrected chi connectivity index (χ2v) is 8.43. The Hall–Kier alpha value is -2.03. The lowest BCUT2D eigenvalue weighted by Gasteiger charge is -2.11. The molecule has 2 heterocycles. The van der Waals surface area contributed by atoms with Crippen LogP contribution < -0.4 is 9.46 Å². The van der Waals surface area contributed by atoms with E-state index >= 15 is 0 Å². The van der Waals surface area contributed by atoms with E-state index in [1.54, 1.807) is 24.3 Å². The monoisotopic (exact) mass is 383 g/mol. The maximum Gasteiger partial charge on any atom is 0.271 e. The van der Waals surface area contributed by atoms with Crippen molar-refractivity contribution in [2.75, 3.05) is 11.8 Å². The number of aromatic amines is 1. The number of anilines is 1. The highest BCUT2D eigenvalue weighted by Crippen LogP contribution is 2.33. The van der Waals surface area contributed by atoms with Crippen molar-refractivity contribution in [2.45, 2.75) is 11.1 Å². The highest BCUT2D eigenvalue weighted by molar-refractivity contribution is 7.94. The highest BCUT2D eigenvalue weighted by atomic mass is 35.5. The molecule has 2 N–H and O–H groups in total. The maximum atomic E-state index is 12.6. The Morgan fingerprint density at radius 1 is 1.25 bits per heavy atom. The fraction of sp³-hybridized carbons (Fsp3) is 0.133. The number of aryl methyl sites for hydroxylation is 1. The average Bonchev–Trinajstić information content (AvgIpc) is 3.16. The molecule has 3 rings (SSSR count). The molecule has 0 saturated carbocycles. The van der Waals surface area contributed by atoms with Crippen molar-refractivity contribution in [2.24, 2.45) is 0 Å². The number of nitrogens with zero attached hydrogens (tertiary/aromatic N) is 1. The average molecular weight is 384 g/mol. The predicted molar refractivity (Wildman–Crippen MR) is 95.5 cm³/mol. The van der Waals surface area contributed by atoms with Crippen molar-refractivity contribution < 1.29 is 13.2 Å². The molecule has 0 unspecified atom stereocenters. The van der Waals surface area contributed by atoms with Gasteiger partial charge in [-0.1, -0.05) is 11.6 Å². The summed E-state index contributed by atoms with van der Waals surface area (Å²) in [6.45, 7) is 1.88. The molecule has 0 atom stereocenters. The number of thiophene rings is 1. The first-order valence-corrected chi connectivity index (χ1v) is 9.55. The number of ether oxygens (including phenoxy) is 1. The zero-order chi connectivity index (χ0) is 17.3. The molecule has 3 aromatic rings. The van der Waals surface area contributed by atoms with Crippen LogP contribution in [-0.4, -0.2) is 25.7 Å². The summed E-state index contributed by atoms with van der Waals surface area (Å²) in [7, 11) is -2.29. The number of rotatable bonds is 5. The predicted octanol–water partition coefficient (Wildman–Crippen LogP) is 3.91. The van der Waals surface area contributed by atoms with Crippen molar-refractivity contribution in [3.05, 3.63) is 47.1 Å². The quantitative estimate of drug-likeness (QED) is 0.699. The second-order valence-electron chi connectivity index (χ2n) is 5.00. The number of hydrogen-bond donors (Lipinski definition) is 2. The van der Waals surface area contributed by atoms with Gasteiger partial charge in [-0.25, -0.2) is 8.42 Å². The Kier molecular flexibility index (Phi) is 4.53. The van der Waals surface area contributed by atoms with Crippen molar-refractivity contribution in [3.63, 3.8) is 0 Å². The van der Waals surface area contributed by atoms with E-state index in [0.29, 0.717) is 16.5 Å². The third kappa shape index (κ3) is 3.40. The molecule has 0 aliphatic carbocycles.